The number of halogens is 3. The number of aliphatic hydroxyl groups excluding tert-OH is 1. The van der Waals surface area contributed by atoms with E-state index in [-0.39, 0.29) is 11.3 Å². The lowest BCUT2D eigenvalue weighted by Crippen LogP contribution is -2.40. The van der Waals surface area contributed by atoms with Gasteiger partial charge in [-0.1, -0.05) is 6.07 Å². The van der Waals surface area contributed by atoms with Crippen LogP contribution in [0.5, 0.6) is 5.75 Å². The standard InChI is InChI=1S/C10H11F3N2O3/c11-10(12,13)7(16)4-15-9(18)5-2-1-3-6(14)8(5)17/h1-3,7,16-17H,4,14H2,(H,15,18). The van der Waals surface area contributed by atoms with Gasteiger partial charge in [-0.15, -0.1) is 0 Å². The lowest BCUT2D eigenvalue weighted by Gasteiger charge is -2.15. The fourth-order valence-electron chi connectivity index (χ4n) is 1.14. The van der Waals surface area contributed by atoms with Crippen LogP contribution in [0.1, 0.15) is 10.4 Å². The monoisotopic (exact) mass is 264 g/mol. The summed E-state index contributed by atoms with van der Waals surface area (Å²) in [6.07, 6.45) is -7.48. The summed E-state index contributed by atoms with van der Waals surface area (Å²) in [5.41, 5.74) is 4.99. The van der Waals surface area contributed by atoms with Crippen LogP contribution in [0.15, 0.2) is 18.2 Å². The van der Waals surface area contributed by atoms with Crippen LogP contribution in [0, 0.1) is 0 Å². The van der Waals surface area contributed by atoms with Crippen molar-refractivity contribution in [1.82, 2.24) is 5.32 Å². The molecule has 1 aromatic carbocycles. The van der Waals surface area contributed by atoms with E-state index >= 15 is 0 Å². The van der Waals surface area contributed by atoms with Crippen LogP contribution in [0.4, 0.5) is 18.9 Å². The Kier molecular flexibility index (Phi) is 4.02. The maximum Gasteiger partial charge on any atom is 0.416 e. The van der Waals surface area contributed by atoms with Crippen LogP contribution >= 0.6 is 0 Å². The lowest BCUT2D eigenvalue weighted by atomic mass is 10.1. The Morgan fingerprint density at radius 2 is 2.06 bits per heavy atom. The summed E-state index contributed by atoms with van der Waals surface area (Å²) in [5, 5.41) is 19.9. The number of anilines is 1. The summed E-state index contributed by atoms with van der Waals surface area (Å²) >= 11 is 0. The number of aromatic hydroxyl groups is 1. The minimum atomic E-state index is -4.81. The molecule has 0 bridgehead atoms. The average Bonchev–Trinajstić information content (AvgIpc) is 2.27. The summed E-state index contributed by atoms with van der Waals surface area (Å²) in [5.74, 6) is -1.47. The molecule has 0 heterocycles. The molecule has 0 aliphatic carbocycles. The number of aliphatic hydroxyl groups is 1. The summed E-state index contributed by atoms with van der Waals surface area (Å²) < 4.78 is 35.9. The number of amides is 1. The Morgan fingerprint density at radius 1 is 1.44 bits per heavy atom. The van der Waals surface area contributed by atoms with E-state index in [1.807, 2.05) is 5.32 Å². The highest BCUT2D eigenvalue weighted by molar-refractivity contribution is 5.98. The van der Waals surface area contributed by atoms with Gasteiger partial charge in [-0.05, 0) is 12.1 Å². The predicted molar refractivity (Wildman–Crippen MR) is 56.9 cm³/mol. The molecule has 0 aliphatic rings. The van der Waals surface area contributed by atoms with Crippen molar-refractivity contribution in [3.8, 4) is 5.75 Å². The van der Waals surface area contributed by atoms with Gasteiger partial charge in [0.2, 0.25) is 0 Å². The molecule has 0 fully saturated rings. The molecule has 0 saturated heterocycles. The maximum absolute atomic E-state index is 12.0. The van der Waals surface area contributed by atoms with E-state index in [0.29, 0.717) is 0 Å². The number of benzene rings is 1. The SMILES string of the molecule is Nc1cccc(C(=O)NCC(O)C(F)(F)F)c1O. The Labute approximate surface area is 100 Å². The van der Waals surface area contributed by atoms with E-state index in [0.717, 1.165) is 0 Å². The van der Waals surface area contributed by atoms with E-state index in [2.05, 4.69) is 0 Å². The van der Waals surface area contributed by atoms with Gasteiger partial charge in [0, 0.05) is 0 Å². The number of nitrogens with one attached hydrogen (secondary N) is 1. The van der Waals surface area contributed by atoms with Crippen molar-refractivity contribution in [2.24, 2.45) is 0 Å². The molecule has 1 unspecified atom stereocenters. The summed E-state index contributed by atoms with van der Waals surface area (Å²) in [7, 11) is 0. The van der Waals surface area contributed by atoms with Crippen molar-refractivity contribution in [1.29, 1.82) is 0 Å². The molecular weight excluding hydrogens is 253 g/mol. The number of hydrogen-bond acceptors (Lipinski definition) is 4. The van der Waals surface area contributed by atoms with Gasteiger partial charge < -0.3 is 21.3 Å². The Bertz CT molecular complexity index is 448. The molecule has 0 spiro atoms. The second kappa shape index (κ2) is 5.13. The summed E-state index contributed by atoms with van der Waals surface area (Å²) in [4.78, 5) is 11.4. The largest absolute Gasteiger partial charge is 0.505 e. The van der Waals surface area contributed by atoms with Gasteiger partial charge in [-0.3, -0.25) is 4.79 Å². The highest BCUT2D eigenvalue weighted by Crippen LogP contribution is 2.24. The van der Waals surface area contributed by atoms with Gasteiger partial charge in [0.1, 0.15) is 0 Å². The van der Waals surface area contributed by atoms with E-state index in [9.17, 15) is 23.1 Å². The average molecular weight is 264 g/mol. The molecule has 18 heavy (non-hydrogen) atoms. The van der Waals surface area contributed by atoms with Crippen molar-refractivity contribution in [2.75, 3.05) is 12.3 Å². The first-order valence-electron chi connectivity index (χ1n) is 4.84. The van der Waals surface area contributed by atoms with E-state index in [4.69, 9.17) is 10.8 Å². The van der Waals surface area contributed by atoms with Crippen molar-refractivity contribution in [3.63, 3.8) is 0 Å². The highest BCUT2D eigenvalue weighted by Gasteiger charge is 2.38. The summed E-state index contributed by atoms with van der Waals surface area (Å²) in [6, 6.07) is 3.89. The van der Waals surface area contributed by atoms with Crippen LogP contribution in [0.3, 0.4) is 0 Å². The molecule has 0 saturated carbocycles. The Morgan fingerprint density at radius 3 is 2.61 bits per heavy atom. The number of para-hydroxylation sites is 1. The molecule has 1 rings (SSSR count). The van der Waals surface area contributed by atoms with Crippen LogP contribution in [0.2, 0.25) is 0 Å². The number of hydrogen-bond donors (Lipinski definition) is 4. The molecule has 5 nitrogen and oxygen atoms in total. The Balaban J connectivity index is 2.70. The van der Waals surface area contributed by atoms with Gasteiger partial charge in [0.25, 0.3) is 5.91 Å². The molecule has 5 N–H and O–H groups in total. The zero-order valence-electron chi connectivity index (χ0n) is 9.03. The fourth-order valence-corrected chi connectivity index (χ4v) is 1.14. The van der Waals surface area contributed by atoms with E-state index in [1.54, 1.807) is 0 Å². The topological polar surface area (TPSA) is 95.6 Å². The zero-order chi connectivity index (χ0) is 13.9. The first-order chi connectivity index (χ1) is 8.23. The smallest absolute Gasteiger partial charge is 0.416 e. The second-order valence-electron chi connectivity index (χ2n) is 3.51. The third-order valence-corrected chi connectivity index (χ3v) is 2.15. The number of nitrogens with two attached hydrogens (primary N) is 1. The number of phenols is 1. The maximum atomic E-state index is 12.0. The molecule has 0 radical (unpaired) electrons. The number of carbonyl (C=O) groups is 1. The van der Waals surface area contributed by atoms with Gasteiger partial charge in [0.05, 0.1) is 17.8 Å². The Hall–Kier alpha value is -1.96. The molecule has 0 aliphatic heterocycles. The van der Waals surface area contributed by atoms with Gasteiger partial charge in [-0.2, -0.15) is 13.2 Å². The molecule has 1 amide bonds. The van der Waals surface area contributed by atoms with Crippen molar-refractivity contribution >= 4 is 11.6 Å². The van der Waals surface area contributed by atoms with Crippen LogP contribution in [-0.4, -0.2) is 34.9 Å². The van der Waals surface area contributed by atoms with Gasteiger partial charge in [0.15, 0.2) is 11.9 Å². The van der Waals surface area contributed by atoms with Crippen molar-refractivity contribution in [2.45, 2.75) is 12.3 Å². The first-order valence-corrected chi connectivity index (χ1v) is 4.84. The molecule has 8 heteroatoms. The third kappa shape index (κ3) is 3.27. The van der Waals surface area contributed by atoms with Gasteiger partial charge >= 0.3 is 6.18 Å². The predicted octanol–water partition coefficient (Wildman–Crippen LogP) is 0.627. The van der Waals surface area contributed by atoms with Crippen LogP contribution < -0.4 is 11.1 Å². The molecule has 100 valence electrons. The van der Waals surface area contributed by atoms with Crippen LogP contribution in [0.25, 0.3) is 0 Å². The lowest BCUT2D eigenvalue weighted by molar-refractivity contribution is -0.201. The number of alkyl halides is 3. The molecule has 1 atom stereocenters. The number of carbonyl (C=O) groups excluding carboxylic acids is 1. The zero-order valence-corrected chi connectivity index (χ0v) is 9.03. The summed E-state index contributed by atoms with van der Waals surface area (Å²) in [6.45, 7) is -1.00. The molecule has 1 aromatic rings. The quantitative estimate of drug-likeness (QED) is 0.475. The fraction of sp³-hybridized carbons (Fsp3) is 0.300. The minimum absolute atomic E-state index is 0.0704. The van der Waals surface area contributed by atoms with Gasteiger partial charge in [-0.25, -0.2) is 0 Å². The minimum Gasteiger partial charge on any atom is -0.505 e. The number of rotatable bonds is 3. The van der Waals surface area contributed by atoms with E-state index in [1.165, 1.54) is 18.2 Å². The molecular formula is C10H11F3N2O3. The van der Waals surface area contributed by atoms with Crippen molar-refractivity contribution < 1.29 is 28.2 Å². The van der Waals surface area contributed by atoms with Crippen LogP contribution in [-0.2, 0) is 0 Å². The normalized spacial score (nSPS) is 13.1. The number of phenolic OH excluding ortho intramolecular Hbond substituents is 1. The first kappa shape index (κ1) is 14.1. The van der Waals surface area contributed by atoms with E-state index < -0.39 is 30.5 Å². The van der Waals surface area contributed by atoms with Crippen molar-refractivity contribution in [3.05, 3.63) is 23.8 Å². The molecule has 0 aromatic heterocycles. The number of nitrogen functional groups attached to an aromatic ring is 1. The second-order valence-corrected chi connectivity index (χ2v) is 3.51. The highest BCUT2D eigenvalue weighted by atomic mass is 19.4. The third-order valence-electron chi connectivity index (χ3n) is 2.15.